The molecule has 2 aliphatic heterocycles. The molecule has 7 nitrogen and oxygen atoms in total. The van der Waals surface area contributed by atoms with Crippen molar-refractivity contribution in [3.8, 4) is 22.8 Å². The Bertz CT molecular complexity index is 1460. The highest BCUT2D eigenvalue weighted by atomic mass is 19.1. The van der Waals surface area contributed by atoms with E-state index in [-0.39, 0.29) is 16.9 Å². The molecule has 218 valence electrons. The van der Waals surface area contributed by atoms with Crippen LogP contribution in [0.2, 0.25) is 0 Å². The number of ether oxygens (including phenoxy) is 2. The molecule has 0 aliphatic carbocycles. The summed E-state index contributed by atoms with van der Waals surface area (Å²) in [6.07, 6.45) is 2.47. The summed E-state index contributed by atoms with van der Waals surface area (Å²) in [5.41, 5.74) is 3.42. The van der Waals surface area contributed by atoms with E-state index in [0.717, 1.165) is 42.3 Å². The third kappa shape index (κ3) is 5.65. The van der Waals surface area contributed by atoms with Gasteiger partial charge in [-0.15, -0.1) is 0 Å². The Morgan fingerprint density at radius 3 is 2.68 bits per heavy atom. The fraction of sp³-hybridized carbons (Fsp3) is 0.438. The summed E-state index contributed by atoms with van der Waals surface area (Å²) in [5, 5.41) is 19.8. The molecule has 3 aromatic rings. The van der Waals surface area contributed by atoms with E-state index in [1.807, 2.05) is 18.2 Å². The molecule has 2 aliphatic rings. The highest BCUT2D eigenvalue weighted by Crippen LogP contribution is 2.42. The number of pyridine rings is 1. The lowest BCUT2D eigenvalue weighted by atomic mass is 9.90. The number of aliphatic carboxylic acids is 1. The molecule has 1 saturated heterocycles. The fourth-order valence-electron chi connectivity index (χ4n) is 5.90. The average Bonchev–Trinajstić information content (AvgIpc) is 3.29. The van der Waals surface area contributed by atoms with Crippen LogP contribution in [0.4, 0.5) is 8.78 Å². The smallest absolute Gasteiger partial charge is 0.309 e. The average molecular weight is 567 g/mol. The summed E-state index contributed by atoms with van der Waals surface area (Å²) < 4.78 is 42.1. The van der Waals surface area contributed by atoms with E-state index in [1.54, 1.807) is 12.1 Å². The molecule has 1 fully saturated rings. The van der Waals surface area contributed by atoms with Crippen LogP contribution in [0, 0.1) is 17.6 Å². The van der Waals surface area contributed by atoms with Gasteiger partial charge in [0.15, 0.2) is 11.6 Å². The standard InChI is InChI=1S/C32H36F2N2O5/c1-18(31(38)39)29(37)23-10-6-19-8-11-26(41-30(19)28(23)34)20-7-9-22(24-15-27(40-4)35-16-25(24)33)21(14-20)17-36-13-5-12-32(36,2)3/h6-7,9-10,14-16,18,26,29,37H,5,8,11-13,17H2,1-4H3,(H,38,39)/t18-,26?,29+/m0/s1. The maximum absolute atomic E-state index is 15.6. The van der Waals surface area contributed by atoms with Crippen LogP contribution in [-0.4, -0.2) is 45.3 Å². The van der Waals surface area contributed by atoms with E-state index >= 15 is 8.78 Å². The summed E-state index contributed by atoms with van der Waals surface area (Å²) >= 11 is 0. The lowest BCUT2D eigenvalue weighted by molar-refractivity contribution is -0.145. The van der Waals surface area contributed by atoms with Gasteiger partial charge in [-0.2, -0.15) is 0 Å². The Morgan fingerprint density at radius 1 is 1.22 bits per heavy atom. The Hall–Kier alpha value is -3.56. The van der Waals surface area contributed by atoms with Crippen molar-refractivity contribution in [3.05, 3.63) is 76.5 Å². The Balaban J connectivity index is 1.52. The van der Waals surface area contributed by atoms with Gasteiger partial charge >= 0.3 is 5.97 Å². The number of aromatic nitrogens is 1. The number of benzene rings is 2. The van der Waals surface area contributed by atoms with Crippen molar-refractivity contribution in [1.82, 2.24) is 9.88 Å². The second-order valence-corrected chi connectivity index (χ2v) is 11.6. The number of likely N-dealkylation sites (tertiary alicyclic amines) is 1. The van der Waals surface area contributed by atoms with E-state index in [4.69, 9.17) is 9.47 Å². The molecule has 3 atom stereocenters. The van der Waals surface area contributed by atoms with Crippen LogP contribution in [0.3, 0.4) is 0 Å². The Morgan fingerprint density at radius 2 is 2.00 bits per heavy atom. The largest absolute Gasteiger partial charge is 0.482 e. The molecule has 1 unspecified atom stereocenters. The number of aryl methyl sites for hydroxylation is 1. The van der Waals surface area contributed by atoms with Gasteiger partial charge < -0.3 is 19.7 Å². The number of carboxylic acids is 1. The molecule has 2 aromatic carbocycles. The van der Waals surface area contributed by atoms with E-state index in [9.17, 15) is 15.0 Å². The number of nitrogens with zero attached hydrogens (tertiary/aromatic N) is 2. The zero-order valence-electron chi connectivity index (χ0n) is 23.8. The normalized spacial score (nSPS) is 19.7. The minimum atomic E-state index is -1.51. The van der Waals surface area contributed by atoms with Crippen LogP contribution in [0.5, 0.6) is 11.6 Å². The molecular weight excluding hydrogens is 530 g/mol. The minimum Gasteiger partial charge on any atom is -0.482 e. The van der Waals surface area contributed by atoms with Crippen LogP contribution < -0.4 is 9.47 Å². The van der Waals surface area contributed by atoms with Gasteiger partial charge in [-0.1, -0.05) is 30.3 Å². The maximum atomic E-state index is 15.6. The van der Waals surface area contributed by atoms with E-state index < -0.39 is 35.7 Å². The summed E-state index contributed by atoms with van der Waals surface area (Å²) in [4.78, 5) is 17.8. The molecule has 1 aromatic heterocycles. The summed E-state index contributed by atoms with van der Waals surface area (Å²) in [5.74, 6) is -3.24. The van der Waals surface area contributed by atoms with Crippen molar-refractivity contribution in [3.63, 3.8) is 0 Å². The van der Waals surface area contributed by atoms with Gasteiger partial charge in [0.25, 0.3) is 0 Å². The fourth-order valence-corrected chi connectivity index (χ4v) is 5.90. The molecule has 0 saturated carbocycles. The SMILES string of the molecule is COc1cc(-c2ccc(C3CCc4ccc([C@H](O)[C@H](C)C(=O)O)c(F)c4O3)cc2CN2CCCC2(C)C)c(F)cn1. The molecular formula is C32H36F2N2O5. The van der Waals surface area contributed by atoms with Crippen molar-refractivity contribution >= 4 is 5.97 Å². The molecule has 41 heavy (non-hydrogen) atoms. The van der Waals surface area contributed by atoms with Crippen molar-refractivity contribution in [1.29, 1.82) is 0 Å². The van der Waals surface area contributed by atoms with Gasteiger partial charge in [-0.05, 0) is 75.3 Å². The summed E-state index contributed by atoms with van der Waals surface area (Å²) in [6.45, 7) is 7.28. The van der Waals surface area contributed by atoms with Gasteiger partial charge in [0.05, 0.1) is 25.3 Å². The number of hydrogen-bond donors (Lipinski definition) is 2. The molecule has 0 radical (unpaired) electrons. The Labute approximate surface area is 238 Å². The lowest BCUT2D eigenvalue weighted by Gasteiger charge is -2.33. The van der Waals surface area contributed by atoms with Crippen molar-refractivity contribution < 1.29 is 33.3 Å². The van der Waals surface area contributed by atoms with Crippen LogP contribution in [-0.2, 0) is 17.8 Å². The number of hydrogen-bond acceptors (Lipinski definition) is 6. The predicted molar refractivity (Wildman–Crippen MR) is 150 cm³/mol. The number of methoxy groups -OCH3 is 1. The van der Waals surface area contributed by atoms with Crippen molar-refractivity contribution in [2.24, 2.45) is 5.92 Å². The molecule has 5 rings (SSSR count). The number of carboxylic acid groups (broad SMARTS) is 1. The second-order valence-electron chi connectivity index (χ2n) is 11.6. The van der Waals surface area contributed by atoms with E-state index in [0.29, 0.717) is 36.4 Å². The first-order valence-electron chi connectivity index (χ1n) is 14.0. The highest BCUT2D eigenvalue weighted by molar-refractivity contribution is 5.71. The first-order valence-corrected chi connectivity index (χ1v) is 14.0. The number of carbonyl (C=O) groups is 1. The number of fused-ring (bicyclic) bond motifs is 1. The zero-order chi connectivity index (χ0) is 29.5. The topological polar surface area (TPSA) is 92.1 Å². The van der Waals surface area contributed by atoms with Gasteiger partial charge in [-0.3, -0.25) is 9.69 Å². The lowest BCUT2D eigenvalue weighted by Crippen LogP contribution is -2.37. The van der Waals surface area contributed by atoms with Crippen molar-refractivity contribution in [2.45, 2.75) is 70.7 Å². The maximum Gasteiger partial charge on any atom is 0.309 e. The predicted octanol–water partition coefficient (Wildman–Crippen LogP) is 6.23. The Kier molecular flexibility index (Phi) is 8.03. The van der Waals surface area contributed by atoms with Gasteiger partial charge in [0.1, 0.15) is 11.9 Å². The van der Waals surface area contributed by atoms with Crippen LogP contribution in [0.15, 0.2) is 42.6 Å². The third-order valence-corrected chi connectivity index (χ3v) is 8.59. The number of aliphatic hydroxyl groups excluding tert-OH is 1. The molecule has 9 heteroatoms. The first kappa shape index (κ1) is 29.0. The summed E-state index contributed by atoms with van der Waals surface area (Å²) in [6, 6.07) is 10.5. The molecule has 0 spiro atoms. The summed E-state index contributed by atoms with van der Waals surface area (Å²) in [7, 11) is 1.49. The second kappa shape index (κ2) is 11.4. The number of rotatable bonds is 8. The zero-order valence-corrected chi connectivity index (χ0v) is 23.8. The van der Waals surface area contributed by atoms with Gasteiger partial charge in [0, 0.05) is 29.3 Å². The molecule has 3 heterocycles. The van der Waals surface area contributed by atoms with Crippen molar-refractivity contribution in [2.75, 3.05) is 13.7 Å². The quantitative estimate of drug-likeness (QED) is 0.334. The van der Waals surface area contributed by atoms with Gasteiger partial charge in [-0.25, -0.2) is 13.8 Å². The molecule has 2 N–H and O–H groups in total. The molecule has 0 amide bonds. The highest BCUT2D eigenvalue weighted by Gasteiger charge is 2.34. The van der Waals surface area contributed by atoms with Crippen LogP contribution in [0.1, 0.15) is 74.5 Å². The van der Waals surface area contributed by atoms with Gasteiger partial charge in [0.2, 0.25) is 5.88 Å². The minimum absolute atomic E-state index is 0.00448. The third-order valence-electron chi connectivity index (χ3n) is 8.59. The van der Waals surface area contributed by atoms with E-state index in [1.165, 1.54) is 20.1 Å². The molecule has 0 bridgehead atoms. The van der Waals surface area contributed by atoms with E-state index in [2.05, 4.69) is 23.7 Å². The number of aliphatic hydroxyl groups is 1. The monoisotopic (exact) mass is 566 g/mol. The van der Waals surface area contributed by atoms with Crippen LogP contribution >= 0.6 is 0 Å². The van der Waals surface area contributed by atoms with Crippen LogP contribution in [0.25, 0.3) is 11.1 Å². The number of halogens is 2. The first-order chi connectivity index (χ1) is 19.5.